The first-order valence-electron chi connectivity index (χ1n) is 4.82. The van der Waals surface area contributed by atoms with Crippen LogP contribution in [0.5, 0.6) is 0 Å². The molecule has 2 rings (SSSR count). The molecule has 1 aliphatic rings. The number of hydrogen-bond acceptors (Lipinski definition) is 2. The predicted molar refractivity (Wildman–Crippen MR) is 54.1 cm³/mol. The molecule has 0 spiro atoms. The fourth-order valence-electron chi connectivity index (χ4n) is 1.62. The number of amides is 2. The number of aromatic nitrogens is 1. The van der Waals surface area contributed by atoms with Crippen LogP contribution in [0.15, 0.2) is 18.3 Å². The van der Waals surface area contributed by atoms with Gasteiger partial charge in [0.05, 0.1) is 17.9 Å². The van der Waals surface area contributed by atoms with E-state index >= 15 is 0 Å². The second kappa shape index (κ2) is 3.65. The Morgan fingerprint density at radius 1 is 1.64 bits per heavy atom. The number of nitrogens with zero attached hydrogens (tertiary/aromatic N) is 2. The number of carbonyl (C=O) groups is 1. The number of urea groups is 1. The lowest BCUT2D eigenvalue weighted by molar-refractivity contribution is 0.244. The third kappa shape index (κ3) is 1.43. The van der Waals surface area contributed by atoms with Crippen LogP contribution in [0.2, 0.25) is 0 Å². The molecular weight excluding hydrogens is 178 g/mol. The van der Waals surface area contributed by atoms with Gasteiger partial charge in [-0.05, 0) is 18.6 Å². The van der Waals surface area contributed by atoms with Gasteiger partial charge in [0.25, 0.3) is 0 Å². The molecule has 1 aliphatic heterocycles. The second-order valence-electron chi connectivity index (χ2n) is 3.28. The quantitative estimate of drug-likeness (QED) is 0.770. The molecule has 0 saturated heterocycles. The molecule has 0 bridgehead atoms. The Bertz CT molecular complexity index is 351. The van der Waals surface area contributed by atoms with Crippen molar-refractivity contribution in [3.05, 3.63) is 24.0 Å². The molecule has 1 N–H and O–H groups in total. The molecule has 0 aliphatic carbocycles. The Labute approximate surface area is 82.9 Å². The molecule has 0 radical (unpaired) electrons. The van der Waals surface area contributed by atoms with E-state index in [-0.39, 0.29) is 6.03 Å². The van der Waals surface area contributed by atoms with Crippen LogP contribution < -0.4 is 10.2 Å². The SMILES string of the molecule is CCCN1C(=O)NCc2ncccc21. The predicted octanol–water partition coefficient (Wildman–Crippen LogP) is 1.52. The van der Waals surface area contributed by atoms with Crippen LogP contribution >= 0.6 is 0 Å². The first-order valence-corrected chi connectivity index (χ1v) is 4.82. The van der Waals surface area contributed by atoms with Gasteiger partial charge >= 0.3 is 6.03 Å². The highest BCUT2D eigenvalue weighted by molar-refractivity contribution is 5.94. The summed E-state index contributed by atoms with van der Waals surface area (Å²) in [5.74, 6) is 0. The molecule has 14 heavy (non-hydrogen) atoms. The van der Waals surface area contributed by atoms with Gasteiger partial charge in [-0.1, -0.05) is 6.92 Å². The average Bonchev–Trinajstić information content (AvgIpc) is 2.23. The van der Waals surface area contributed by atoms with E-state index in [1.165, 1.54) is 0 Å². The highest BCUT2D eigenvalue weighted by atomic mass is 16.2. The maximum absolute atomic E-state index is 11.5. The number of pyridine rings is 1. The maximum atomic E-state index is 11.5. The van der Waals surface area contributed by atoms with Crippen LogP contribution in [0, 0.1) is 0 Å². The van der Waals surface area contributed by atoms with Gasteiger partial charge in [0.2, 0.25) is 0 Å². The van der Waals surface area contributed by atoms with Crippen LogP contribution in [-0.2, 0) is 6.54 Å². The van der Waals surface area contributed by atoms with E-state index in [4.69, 9.17) is 0 Å². The summed E-state index contributed by atoms with van der Waals surface area (Å²) >= 11 is 0. The summed E-state index contributed by atoms with van der Waals surface area (Å²) in [5.41, 5.74) is 1.89. The molecule has 2 heterocycles. The zero-order valence-corrected chi connectivity index (χ0v) is 8.16. The number of fused-ring (bicyclic) bond motifs is 1. The first kappa shape index (κ1) is 8.99. The number of anilines is 1. The van der Waals surface area contributed by atoms with Gasteiger partial charge in [0, 0.05) is 12.7 Å². The molecular formula is C10H13N3O. The summed E-state index contributed by atoms with van der Waals surface area (Å²) in [6.45, 7) is 3.33. The maximum Gasteiger partial charge on any atom is 0.322 e. The van der Waals surface area contributed by atoms with Crippen LogP contribution in [0.25, 0.3) is 0 Å². The summed E-state index contributed by atoms with van der Waals surface area (Å²) in [5, 5.41) is 2.80. The van der Waals surface area contributed by atoms with E-state index in [0.717, 1.165) is 24.3 Å². The summed E-state index contributed by atoms with van der Waals surface area (Å²) in [7, 11) is 0. The normalized spacial score (nSPS) is 14.9. The number of hydrogen-bond donors (Lipinski definition) is 1. The zero-order valence-electron chi connectivity index (χ0n) is 8.16. The molecule has 4 heteroatoms. The van der Waals surface area contributed by atoms with E-state index < -0.39 is 0 Å². The molecule has 0 atom stereocenters. The van der Waals surface area contributed by atoms with Crippen molar-refractivity contribution in [1.82, 2.24) is 10.3 Å². The van der Waals surface area contributed by atoms with Gasteiger partial charge < -0.3 is 5.32 Å². The average molecular weight is 191 g/mol. The second-order valence-corrected chi connectivity index (χ2v) is 3.28. The Kier molecular flexibility index (Phi) is 2.35. The lowest BCUT2D eigenvalue weighted by atomic mass is 10.2. The summed E-state index contributed by atoms with van der Waals surface area (Å²) < 4.78 is 0. The van der Waals surface area contributed by atoms with E-state index in [0.29, 0.717) is 6.54 Å². The van der Waals surface area contributed by atoms with E-state index in [1.807, 2.05) is 12.1 Å². The fourth-order valence-corrected chi connectivity index (χ4v) is 1.62. The van der Waals surface area contributed by atoms with Crippen molar-refractivity contribution in [2.24, 2.45) is 0 Å². The summed E-state index contributed by atoms with van der Waals surface area (Å²) in [6.07, 6.45) is 2.70. The summed E-state index contributed by atoms with van der Waals surface area (Å²) in [6, 6.07) is 3.78. The van der Waals surface area contributed by atoms with Crippen LogP contribution in [0.1, 0.15) is 19.0 Å². The third-order valence-electron chi connectivity index (χ3n) is 2.26. The lowest BCUT2D eigenvalue weighted by Gasteiger charge is -2.28. The minimum Gasteiger partial charge on any atom is -0.332 e. The highest BCUT2D eigenvalue weighted by Crippen LogP contribution is 2.21. The van der Waals surface area contributed by atoms with Crippen molar-refractivity contribution >= 4 is 11.7 Å². The van der Waals surface area contributed by atoms with Crippen molar-refractivity contribution in [2.75, 3.05) is 11.4 Å². The van der Waals surface area contributed by atoms with Gasteiger partial charge in [0.1, 0.15) is 0 Å². The van der Waals surface area contributed by atoms with E-state index in [2.05, 4.69) is 17.2 Å². The molecule has 4 nitrogen and oxygen atoms in total. The van der Waals surface area contributed by atoms with Crippen LogP contribution in [0.3, 0.4) is 0 Å². The van der Waals surface area contributed by atoms with Gasteiger partial charge in [-0.25, -0.2) is 4.79 Å². The molecule has 0 aromatic carbocycles. The Morgan fingerprint density at radius 3 is 3.29 bits per heavy atom. The van der Waals surface area contributed by atoms with E-state index in [1.54, 1.807) is 11.1 Å². The topological polar surface area (TPSA) is 45.2 Å². The summed E-state index contributed by atoms with van der Waals surface area (Å²) in [4.78, 5) is 17.5. The molecule has 0 unspecified atom stereocenters. The molecule has 74 valence electrons. The zero-order chi connectivity index (χ0) is 9.97. The molecule has 1 aromatic rings. The van der Waals surface area contributed by atoms with Crippen LogP contribution in [0.4, 0.5) is 10.5 Å². The van der Waals surface area contributed by atoms with Crippen molar-refractivity contribution in [1.29, 1.82) is 0 Å². The minimum absolute atomic E-state index is 0.0210. The van der Waals surface area contributed by atoms with Crippen molar-refractivity contribution < 1.29 is 4.79 Å². The monoisotopic (exact) mass is 191 g/mol. The van der Waals surface area contributed by atoms with Gasteiger partial charge in [-0.15, -0.1) is 0 Å². The minimum atomic E-state index is -0.0210. The van der Waals surface area contributed by atoms with Crippen LogP contribution in [-0.4, -0.2) is 17.6 Å². The molecule has 2 amide bonds. The Hall–Kier alpha value is -1.58. The standard InChI is InChI=1S/C10H13N3O/c1-2-6-13-9-4-3-5-11-8(9)7-12-10(13)14/h3-5H,2,6-7H2,1H3,(H,12,14). The van der Waals surface area contributed by atoms with Crippen molar-refractivity contribution in [3.8, 4) is 0 Å². The number of carbonyl (C=O) groups excluding carboxylic acids is 1. The van der Waals surface area contributed by atoms with E-state index in [9.17, 15) is 4.79 Å². The van der Waals surface area contributed by atoms with Gasteiger partial charge in [-0.3, -0.25) is 9.88 Å². The van der Waals surface area contributed by atoms with Gasteiger partial charge in [-0.2, -0.15) is 0 Å². The first-order chi connectivity index (χ1) is 6.83. The largest absolute Gasteiger partial charge is 0.332 e. The fraction of sp³-hybridized carbons (Fsp3) is 0.400. The Balaban J connectivity index is 2.36. The smallest absolute Gasteiger partial charge is 0.322 e. The van der Waals surface area contributed by atoms with Crippen molar-refractivity contribution in [2.45, 2.75) is 19.9 Å². The Morgan fingerprint density at radius 2 is 2.50 bits per heavy atom. The number of rotatable bonds is 2. The third-order valence-corrected chi connectivity index (χ3v) is 2.26. The number of nitrogens with one attached hydrogen (secondary N) is 1. The highest BCUT2D eigenvalue weighted by Gasteiger charge is 2.22. The molecule has 0 fully saturated rings. The van der Waals surface area contributed by atoms with Gasteiger partial charge in [0.15, 0.2) is 0 Å². The lowest BCUT2D eigenvalue weighted by Crippen LogP contribution is -2.44. The van der Waals surface area contributed by atoms with Crippen molar-refractivity contribution in [3.63, 3.8) is 0 Å². The molecule has 0 saturated carbocycles. The molecule has 1 aromatic heterocycles.